The summed E-state index contributed by atoms with van der Waals surface area (Å²) >= 11 is 0. The van der Waals surface area contributed by atoms with Crippen molar-refractivity contribution in [2.45, 2.75) is 19.3 Å². The van der Waals surface area contributed by atoms with Gasteiger partial charge in [-0.15, -0.1) is 0 Å². The highest BCUT2D eigenvalue weighted by Gasteiger charge is 2.21. The van der Waals surface area contributed by atoms with E-state index in [1.54, 1.807) is 12.1 Å². The predicted molar refractivity (Wildman–Crippen MR) is 75.2 cm³/mol. The smallest absolute Gasteiger partial charge is 0.269 e. The molecule has 2 rings (SSSR count). The normalized spacial score (nSPS) is 16.1. The van der Waals surface area contributed by atoms with Gasteiger partial charge in [-0.05, 0) is 30.9 Å². The second-order valence-electron chi connectivity index (χ2n) is 5.16. The zero-order valence-electron chi connectivity index (χ0n) is 11.3. The minimum absolute atomic E-state index is 0.0463. The number of likely N-dealkylation sites (tertiary alicyclic amines) is 1. The first kappa shape index (κ1) is 14.5. The summed E-state index contributed by atoms with van der Waals surface area (Å²) in [5, 5.41) is 10.6. The van der Waals surface area contributed by atoms with Gasteiger partial charge < -0.3 is 10.6 Å². The lowest BCUT2D eigenvalue weighted by atomic mass is 9.96. The molecule has 0 saturated carbocycles. The summed E-state index contributed by atoms with van der Waals surface area (Å²) in [4.78, 5) is 24.1. The summed E-state index contributed by atoms with van der Waals surface area (Å²) in [5.41, 5.74) is 6.48. The van der Waals surface area contributed by atoms with E-state index in [0.717, 1.165) is 31.5 Å². The first-order chi connectivity index (χ1) is 9.60. The van der Waals surface area contributed by atoms with Crippen molar-refractivity contribution < 1.29 is 9.72 Å². The van der Waals surface area contributed by atoms with Crippen LogP contribution in [0.1, 0.15) is 18.4 Å². The lowest BCUT2D eigenvalue weighted by Crippen LogP contribution is -2.40. The highest BCUT2D eigenvalue weighted by Crippen LogP contribution is 2.18. The van der Waals surface area contributed by atoms with Crippen LogP contribution in [0.4, 0.5) is 5.69 Å². The molecule has 0 atom stereocenters. The lowest BCUT2D eigenvalue weighted by Gasteiger charge is -2.31. The number of nitrogens with zero attached hydrogens (tertiary/aromatic N) is 2. The van der Waals surface area contributed by atoms with Gasteiger partial charge in [-0.3, -0.25) is 14.9 Å². The highest BCUT2D eigenvalue weighted by molar-refractivity contribution is 5.78. The molecule has 1 fully saturated rings. The molecule has 1 amide bonds. The van der Waals surface area contributed by atoms with Gasteiger partial charge >= 0.3 is 0 Å². The van der Waals surface area contributed by atoms with E-state index in [9.17, 15) is 14.9 Å². The van der Waals surface area contributed by atoms with Gasteiger partial charge in [-0.2, -0.15) is 0 Å². The van der Waals surface area contributed by atoms with Crippen molar-refractivity contribution in [1.29, 1.82) is 0 Å². The maximum atomic E-state index is 12.1. The zero-order valence-corrected chi connectivity index (χ0v) is 11.3. The Labute approximate surface area is 117 Å². The van der Waals surface area contributed by atoms with Crippen molar-refractivity contribution in [3.8, 4) is 0 Å². The monoisotopic (exact) mass is 277 g/mol. The van der Waals surface area contributed by atoms with Gasteiger partial charge in [-0.1, -0.05) is 12.1 Å². The van der Waals surface area contributed by atoms with Crippen LogP contribution in [0.25, 0.3) is 0 Å². The number of nitrogens with two attached hydrogens (primary N) is 1. The summed E-state index contributed by atoms with van der Waals surface area (Å²) in [5.74, 6) is 0.604. The van der Waals surface area contributed by atoms with Crippen molar-refractivity contribution in [3.63, 3.8) is 0 Å². The molecule has 0 spiro atoms. The molecule has 6 heteroatoms. The number of nitro groups is 1. The number of nitro benzene ring substituents is 1. The number of carbonyl (C=O) groups excluding carboxylic acids is 1. The maximum Gasteiger partial charge on any atom is 0.269 e. The van der Waals surface area contributed by atoms with Crippen LogP contribution in [0.3, 0.4) is 0 Å². The van der Waals surface area contributed by atoms with Crippen LogP contribution >= 0.6 is 0 Å². The van der Waals surface area contributed by atoms with Crippen LogP contribution in [-0.2, 0) is 11.2 Å². The highest BCUT2D eigenvalue weighted by atomic mass is 16.6. The fraction of sp³-hybridized carbons (Fsp3) is 0.500. The van der Waals surface area contributed by atoms with Crippen LogP contribution in [0.5, 0.6) is 0 Å². The van der Waals surface area contributed by atoms with E-state index in [2.05, 4.69) is 0 Å². The van der Waals surface area contributed by atoms with E-state index in [1.807, 2.05) is 4.90 Å². The molecule has 1 aliphatic heterocycles. The molecule has 2 N–H and O–H groups in total. The second-order valence-corrected chi connectivity index (χ2v) is 5.16. The zero-order chi connectivity index (χ0) is 14.5. The fourth-order valence-corrected chi connectivity index (χ4v) is 2.44. The molecule has 6 nitrogen and oxygen atoms in total. The number of rotatable bonds is 4. The van der Waals surface area contributed by atoms with E-state index in [1.165, 1.54) is 12.1 Å². The molecule has 0 unspecified atom stereocenters. The average Bonchev–Trinajstić information content (AvgIpc) is 2.48. The molecule has 0 aliphatic carbocycles. The number of amides is 1. The van der Waals surface area contributed by atoms with Gasteiger partial charge in [0.05, 0.1) is 11.3 Å². The molecule has 0 aromatic heterocycles. The van der Waals surface area contributed by atoms with Gasteiger partial charge in [0.1, 0.15) is 0 Å². The van der Waals surface area contributed by atoms with E-state index in [4.69, 9.17) is 5.73 Å². The Hall–Kier alpha value is -1.95. The summed E-state index contributed by atoms with van der Waals surface area (Å²) < 4.78 is 0. The van der Waals surface area contributed by atoms with Gasteiger partial charge in [0.15, 0.2) is 0 Å². The summed E-state index contributed by atoms with van der Waals surface area (Å²) in [6.07, 6.45) is 2.22. The molecule has 108 valence electrons. The average molecular weight is 277 g/mol. The van der Waals surface area contributed by atoms with Crippen LogP contribution in [0.15, 0.2) is 24.3 Å². The van der Waals surface area contributed by atoms with E-state index < -0.39 is 4.92 Å². The van der Waals surface area contributed by atoms with E-state index in [-0.39, 0.29) is 11.6 Å². The minimum atomic E-state index is -0.441. The number of piperidine rings is 1. The van der Waals surface area contributed by atoms with Gasteiger partial charge in [0.25, 0.3) is 5.69 Å². The molecule has 0 bridgehead atoms. The molecule has 1 heterocycles. The number of non-ortho nitro benzene ring substituents is 1. The first-order valence-electron chi connectivity index (χ1n) is 6.81. The molecule has 1 aromatic rings. The van der Waals surface area contributed by atoms with Gasteiger partial charge in [-0.25, -0.2) is 0 Å². The molecule has 1 aromatic carbocycles. The minimum Gasteiger partial charge on any atom is -0.342 e. The van der Waals surface area contributed by atoms with Crippen molar-refractivity contribution in [3.05, 3.63) is 39.9 Å². The summed E-state index contributed by atoms with van der Waals surface area (Å²) in [6, 6.07) is 6.15. The van der Waals surface area contributed by atoms with Crippen molar-refractivity contribution >= 4 is 11.6 Å². The first-order valence-corrected chi connectivity index (χ1v) is 6.81. The standard InChI is InChI=1S/C14H19N3O3/c15-10-12-5-7-16(8-6-12)14(18)9-11-1-3-13(4-2-11)17(19)20/h1-4,12H,5-10,15H2. The Bertz CT molecular complexity index is 479. The van der Waals surface area contributed by atoms with Crippen LogP contribution in [-0.4, -0.2) is 35.4 Å². The SMILES string of the molecule is NCC1CCN(C(=O)Cc2ccc([N+](=O)[O-])cc2)CC1. The lowest BCUT2D eigenvalue weighted by molar-refractivity contribution is -0.384. The van der Waals surface area contributed by atoms with Crippen molar-refractivity contribution in [2.75, 3.05) is 19.6 Å². The van der Waals surface area contributed by atoms with E-state index in [0.29, 0.717) is 18.9 Å². The Kier molecular flexibility index (Phi) is 4.68. The van der Waals surface area contributed by atoms with Crippen LogP contribution < -0.4 is 5.73 Å². The molecule has 0 radical (unpaired) electrons. The number of hydrogen-bond acceptors (Lipinski definition) is 4. The molecular formula is C14H19N3O3. The molecule has 1 saturated heterocycles. The fourth-order valence-electron chi connectivity index (χ4n) is 2.44. The largest absolute Gasteiger partial charge is 0.342 e. The van der Waals surface area contributed by atoms with Gasteiger partial charge in [0.2, 0.25) is 5.91 Å². The number of benzene rings is 1. The third kappa shape index (κ3) is 3.54. The predicted octanol–water partition coefficient (Wildman–Crippen LogP) is 1.33. The third-order valence-corrected chi connectivity index (χ3v) is 3.80. The van der Waals surface area contributed by atoms with Crippen LogP contribution in [0.2, 0.25) is 0 Å². The Morgan fingerprint density at radius 1 is 1.30 bits per heavy atom. The summed E-state index contributed by atoms with van der Waals surface area (Å²) in [7, 11) is 0. The van der Waals surface area contributed by atoms with Crippen LogP contribution in [0, 0.1) is 16.0 Å². The quantitative estimate of drug-likeness (QED) is 0.664. The molecule has 20 heavy (non-hydrogen) atoms. The Morgan fingerprint density at radius 3 is 2.40 bits per heavy atom. The Morgan fingerprint density at radius 2 is 1.90 bits per heavy atom. The Balaban J connectivity index is 1.90. The number of hydrogen-bond donors (Lipinski definition) is 1. The van der Waals surface area contributed by atoms with Crippen molar-refractivity contribution in [2.24, 2.45) is 11.7 Å². The maximum absolute atomic E-state index is 12.1. The number of carbonyl (C=O) groups is 1. The molecule has 1 aliphatic rings. The molecular weight excluding hydrogens is 258 g/mol. The van der Waals surface area contributed by atoms with E-state index >= 15 is 0 Å². The van der Waals surface area contributed by atoms with Crippen molar-refractivity contribution in [1.82, 2.24) is 4.90 Å². The topological polar surface area (TPSA) is 89.5 Å². The summed E-state index contributed by atoms with van der Waals surface area (Å²) in [6.45, 7) is 2.20. The second kappa shape index (κ2) is 6.47. The van der Waals surface area contributed by atoms with Gasteiger partial charge in [0, 0.05) is 25.2 Å². The third-order valence-electron chi connectivity index (χ3n) is 3.80.